The average Bonchev–Trinajstić information content (AvgIpc) is 3.07. The fraction of sp³-hybridized carbons (Fsp3) is 0.250. The summed E-state index contributed by atoms with van der Waals surface area (Å²) in [4.78, 5) is 13.0. The van der Waals surface area contributed by atoms with Gasteiger partial charge >= 0.3 is 0 Å². The Morgan fingerprint density at radius 1 is 1.14 bits per heavy atom. The first-order chi connectivity index (χ1) is 13.5. The summed E-state index contributed by atoms with van der Waals surface area (Å²) in [6, 6.07) is 13.9. The monoisotopic (exact) mass is 397 g/mol. The smallest absolute Gasteiger partial charge is 0.236 e. The van der Waals surface area contributed by atoms with Crippen LogP contribution in [0.2, 0.25) is 0 Å². The van der Waals surface area contributed by atoms with Gasteiger partial charge in [0, 0.05) is 6.54 Å². The molecule has 1 aromatic heterocycles. The number of hydrogen-bond acceptors (Lipinski definition) is 5. The third-order valence-corrected chi connectivity index (χ3v) is 5.89. The number of halogens is 1. The Morgan fingerprint density at radius 2 is 1.86 bits per heavy atom. The van der Waals surface area contributed by atoms with Gasteiger partial charge in [0.15, 0.2) is 0 Å². The molecule has 0 fully saturated rings. The van der Waals surface area contributed by atoms with E-state index in [4.69, 9.17) is 0 Å². The number of nitrogens with zero attached hydrogens (tertiary/aromatic N) is 3. The Kier molecular flexibility index (Phi) is 5.04. The van der Waals surface area contributed by atoms with E-state index in [1.54, 1.807) is 16.8 Å². The van der Waals surface area contributed by atoms with Crippen LogP contribution in [0.15, 0.2) is 53.7 Å². The molecule has 2 atom stereocenters. The lowest BCUT2D eigenvalue weighted by atomic mass is 10.0. The zero-order chi connectivity index (χ0) is 19.7. The van der Waals surface area contributed by atoms with Crippen molar-refractivity contribution in [3.8, 4) is 0 Å². The number of amides is 1. The highest BCUT2D eigenvalue weighted by molar-refractivity contribution is 8.00. The molecule has 0 radical (unpaired) electrons. The Labute approximate surface area is 166 Å². The van der Waals surface area contributed by atoms with Crippen LogP contribution >= 0.6 is 11.8 Å². The van der Waals surface area contributed by atoms with E-state index in [-0.39, 0.29) is 17.8 Å². The van der Waals surface area contributed by atoms with Crippen molar-refractivity contribution in [3.63, 3.8) is 0 Å². The first-order valence-corrected chi connectivity index (χ1v) is 9.83. The zero-order valence-electron chi connectivity index (χ0n) is 15.5. The standard InChI is InChI=1S/C20H20FN5OS/c1-12-3-5-14(6-4-12)11-22-19(27)18-17(15-7-9-16(21)10-8-15)25-26-13(2)23-24-20(26)28-18/h3-10,17-18,25H,11H2,1-2H3,(H,22,27)/t17-,18+/m0/s1. The van der Waals surface area contributed by atoms with E-state index < -0.39 is 5.25 Å². The van der Waals surface area contributed by atoms with Crippen LogP contribution in [0.1, 0.15) is 28.6 Å². The Morgan fingerprint density at radius 3 is 2.57 bits per heavy atom. The van der Waals surface area contributed by atoms with Crippen LogP contribution in [0.4, 0.5) is 4.39 Å². The van der Waals surface area contributed by atoms with Gasteiger partial charge in [0.25, 0.3) is 0 Å². The van der Waals surface area contributed by atoms with Crippen molar-refractivity contribution in [2.24, 2.45) is 0 Å². The van der Waals surface area contributed by atoms with Crippen molar-refractivity contribution in [1.82, 2.24) is 20.2 Å². The van der Waals surface area contributed by atoms with Crippen LogP contribution in [0.3, 0.4) is 0 Å². The molecule has 0 spiro atoms. The maximum Gasteiger partial charge on any atom is 0.236 e. The molecule has 1 aliphatic heterocycles. The topological polar surface area (TPSA) is 71.8 Å². The predicted molar refractivity (Wildman–Crippen MR) is 106 cm³/mol. The largest absolute Gasteiger partial charge is 0.351 e. The van der Waals surface area contributed by atoms with Crippen molar-refractivity contribution in [3.05, 3.63) is 76.9 Å². The Balaban J connectivity index is 1.57. The molecule has 1 amide bonds. The van der Waals surface area contributed by atoms with E-state index in [1.807, 2.05) is 38.1 Å². The van der Waals surface area contributed by atoms with Gasteiger partial charge in [-0.25, -0.2) is 9.07 Å². The van der Waals surface area contributed by atoms with E-state index in [9.17, 15) is 9.18 Å². The number of carbonyl (C=O) groups excluding carboxylic acids is 1. The molecule has 28 heavy (non-hydrogen) atoms. The summed E-state index contributed by atoms with van der Waals surface area (Å²) in [5, 5.41) is 11.4. The molecule has 1 aliphatic rings. The first kappa shape index (κ1) is 18.5. The maximum atomic E-state index is 13.4. The number of benzene rings is 2. The van der Waals surface area contributed by atoms with Crippen LogP contribution < -0.4 is 10.7 Å². The van der Waals surface area contributed by atoms with Gasteiger partial charge in [-0.15, -0.1) is 10.2 Å². The second kappa shape index (κ2) is 7.63. The maximum absolute atomic E-state index is 13.4. The Hall–Kier alpha value is -2.87. The van der Waals surface area contributed by atoms with Crippen molar-refractivity contribution in [2.75, 3.05) is 5.43 Å². The van der Waals surface area contributed by atoms with E-state index in [0.29, 0.717) is 17.5 Å². The lowest BCUT2D eigenvalue weighted by Gasteiger charge is -2.32. The summed E-state index contributed by atoms with van der Waals surface area (Å²) in [5.41, 5.74) is 6.33. The number of aromatic nitrogens is 3. The number of nitrogens with one attached hydrogen (secondary N) is 2. The molecule has 0 aliphatic carbocycles. The van der Waals surface area contributed by atoms with Gasteiger partial charge in [-0.05, 0) is 37.1 Å². The molecule has 8 heteroatoms. The summed E-state index contributed by atoms with van der Waals surface area (Å²) < 4.78 is 15.1. The molecule has 0 bridgehead atoms. The van der Waals surface area contributed by atoms with Crippen molar-refractivity contribution < 1.29 is 9.18 Å². The molecular weight excluding hydrogens is 377 g/mol. The van der Waals surface area contributed by atoms with Crippen molar-refractivity contribution in [2.45, 2.75) is 36.8 Å². The average molecular weight is 397 g/mol. The molecule has 3 aromatic rings. The SMILES string of the molecule is Cc1ccc(CNC(=O)[C@@H]2Sc3nnc(C)n3N[C@H]2c2ccc(F)cc2)cc1. The number of fused-ring (bicyclic) bond motifs is 1. The second-order valence-electron chi connectivity index (χ2n) is 6.77. The molecule has 144 valence electrons. The molecule has 0 saturated carbocycles. The minimum atomic E-state index is -0.466. The van der Waals surface area contributed by atoms with E-state index in [1.165, 1.54) is 29.5 Å². The first-order valence-electron chi connectivity index (χ1n) is 8.95. The molecule has 2 aromatic carbocycles. The summed E-state index contributed by atoms with van der Waals surface area (Å²) in [5.74, 6) is 0.279. The van der Waals surface area contributed by atoms with Gasteiger partial charge < -0.3 is 10.7 Å². The van der Waals surface area contributed by atoms with Crippen molar-refractivity contribution in [1.29, 1.82) is 0 Å². The van der Waals surface area contributed by atoms with Crippen LogP contribution in [0.25, 0.3) is 0 Å². The number of carbonyl (C=O) groups is 1. The fourth-order valence-corrected chi connectivity index (χ4v) is 4.23. The van der Waals surface area contributed by atoms with Gasteiger partial charge in [-0.1, -0.05) is 53.7 Å². The highest BCUT2D eigenvalue weighted by Crippen LogP contribution is 2.37. The number of thioether (sulfide) groups is 1. The molecule has 2 N–H and O–H groups in total. The normalized spacial score (nSPS) is 18.2. The second-order valence-corrected chi connectivity index (χ2v) is 7.87. The highest BCUT2D eigenvalue weighted by Gasteiger charge is 2.37. The molecular formula is C20H20FN5OS. The number of aryl methyl sites for hydroxylation is 2. The third kappa shape index (κ3) is 3.73. The van der Waals surface area contributed by atoms with Gasteiger partial charge in [0.05, 0.1) is 6.04 Å². The number of rotatable bonds is 4. The van der Waals surface area contributed by atoms with Crippen LogP contribution in [0, 0.1) is 19.7 Å². The predicted octanol–water partition coefficient (Wildman–Crippen LogP) is 3.11. The lowest BCUT2D eigenvalue weighted by molar-refractivity contribution is -0.121. The van der Waals surface area contributed by atoms with Gasteiger partial charge in [-0.2, -0.15) is 0 Å². The van der Waals surface area contributed by atoms with Crippen molar-refractivity contribution >= 4 is 17.7 Å². The molecule has 6 nitrogen and oxygen atoms in total. The van der Waals surface area contributed by atoms with E-state index >= 15 is 0 Å². The van der Waals surface area contributed by atoms with Crippen LogP contribution in [0.5, 0.6) is 0 Å². The lowest BCUT2D eigenvalue weighted by Crippen LogP contribution is -2.44. The molecule has 2 heterocycles. The van der Waals surface area contributed by atoms with E-state index in [2.05, 4.69) is 20.9 Å². The molecule has 4 rings (SSSR count). The zero-order valence-corrected chi connectivity index (χ0v) is 16.3. The van der Waals surface area contributed by atoms with Crippen LogP contribution in [-0.4, -0.2) is 26.0 Å². The van der Waals surface area contributed by atoms with Gasteiger partial charge in [-0.3, -0.25) is 4.79 Å². The third-order valence-electron chi connectivity index (χ3n) is 4.67. The summed E-state index contributed by atoms with van der Waals surface area (Å²) >= 11 is 1.35. The summed E-state index contributed by atoms with van der Waals surface area (Å²) in [6.07, 6.45) is 0. The molecule has 0 unspecified atom stereocenters. The number of hydrogen-bond donors (Lipinski definition) is 2. The fourth-order valence-electron chi connectivity index (χ4n) is 3.08. The summed E-state index contributed by atoms with van der Waals surface area (Å²) in [6.45, 7) is 4.31. The van der Waals surface area contributed by atoms with E-state index in [0.717, 1.165) is 11.1 Å². The molecule has 0 saturated heterocycles. The minimum Gasteiger partial charge on any atom is -0.351 e. The van der Waals surface area contributed by atoms with Gasteiger partial charge in [0.2, 0.25) is 11.1 Å². The summed E-state index contributed by atoms with van der Waals surface area (Å²) in [7, 11) is 0. The van der Waals surface area contributed by atoms with Gasteiger partial charge in [0.1, 0.15) is 16.9 Å². The van der Waals surface area contributed by atoms with Crippen LogP contribution in [-0.2, 0) is 11.3 Å². The minimum absolute atomic E-state index is 0.112. The Bertz CT molecular complexity index is 987. The quantitative estimate of drug-likeness (QED) is 0.708. The highest BCUT2D eigenvalue weighted by atomic mass is 32.2.